The molecule has 2 aromatic carbocycles. The molecule has 1 N–H and O–H groups in total. The molecule has 0 fully saturated rings. The van der Waals surface area contributed by atoms with E-state index in [0.29, 0.717) is 22.8 Å². The average Bonchev–Trinajstić information content (AvgIpc) is 2.53. The van der Waals surface area contributed by atoms with Gasteiger partial charge in [-0.1, -0.05) is 6.07 Å². The molecule has 0 heterocycles. The number of rotatable bonds is 5. The van der Waals surface area contributed by atoms with Crippen molar-refractivity contribution in [1.82, 2.24) is 0 Å². The number of halogens is 1. The Hall–Kier alpha value is -1.72. The number of methoxy groups -OCH3 is 3. The summed E-state index contributed by atoms with van der Waals surface area (Å²) in [7, 11) is 4.76. The second kappa shape index (κ2) is 6.83. The molecule has 0 saturated heterocycles. The summed E-state index contributed by atoms with van der Waals surface area (Å²) in [5, 5.41) is 10.5. The van der Waals surface area contributed by atoms with Gasteiger partial charge in [0.25, 0.3) is 0 Å². The van der Waals surface area contributed by atoms with Crippen LogP contribution in [0.5, 0.6) is 17.2 Å². The van der Waals surface area contributed by atoms with Crippen molar-refractivity contribution in [1.29, 1.82) is 0 Å². The van der Waals surface area contributed by atoms with Gasteiger partial charge in [-0.15, -0.1) is 0 Å². The number of aliphatic hydroxyl groups is 1. The van der Waals surface area contributed by atoms with Crippen LogP contribution in [0, 0.1) is 0 Å². The fourth-order valence-corrected chi connectivity index (χ4v) is 2.59. The van der Waals surface area contributed by atoms with Crippen molar-refractivity contribution < 1.29 is 19.3 Å². The van der Waals surface area contributed by atoms with Crippen LogP contribution in [0.2, 0.25) is 0 Å². The van der Waals surface area contributed by atoms with Crippen LogP contribution in [0.15, 0.2) is 40.9 Å². The smallest absolute Gasteiger partial charge is 0.133 e. The number of benzene rings is 2. The molecule has 0 aliphatic rings. The molecular formula is C16H17BrO4. The molecule has 21 heavy (non-hydrogen) atoms. The molecule has 0 bridgehead atoms. The molecule has 0 aliphatic heterocycles. The minimum atomic E-state index is -0.781. The second-order valence-corrected chi connectivity index (χ2v) is 5.30. The van der Waals surface area contributed by atoms with E-state index < -0.39 is 6.10 Å². The fourth-order valence-electron chi connectivity index (χ4n) is 2.03. The Morgan fingerprint density at radius 3 is 1.95 bits per heavy atom. The van der Waals surface area contributed by atoms with E-state index in [9.17, 15) is 5.11 Å². The maximum absolute atomic E-state index is 10.5. The van der Waals surface area contributed by atoms with Gasteiger partial charge in [-0.3, -0.25) is 0 Å². The van der Waals surface area contributed by atoms with E-state index in [-0.39, 0.29) is 0 Å². The summed E-state index contributed by atoms with van der Waals surface area (Å²) >= 11 is 3.42. The Balaban J connectivity index is 2.39. The highest BCUT2D eigenvalue weighted by molar-refractivity contribution is 9.10. The molecule has 1 atom stereocenters. The summed E-state index contributed by atoms with van der Waals surface area (Å²) in [6.07, 6.45) is -0.781. The quantitative estimate of drug-likeness (QED) is 0.893. The van der Waals surface area contributed by atoms with Crippen molar-refractivity contribution in [3.63, 3.8) is 0 Å². The van der Waals surface area contributed by atoms with E-state index in [1.807, 2.05) is 12.1 Å². The number of aliphatic hydroxyl groups excluding tert-OH is 1. The van der Waals surface area contributed by atoms with Crippen LogP contribution >= 0.6 is 15.9 Å². The van der Waals surface area contributed by atoms with E-state index in [1.54, 1.807) is 45.6 Å². The first-order valence-electron chi connectivity index (χ1n) is 6.33. The van der Waals surface area contributed by atoms with Gasteiger partial charge in [-0.05, 0) is 51.3 Å². The van der Waals surface area contributed by atoms with Crippen LogP contribution in [0.1, 0.15) is 17.2 Å². The largest absolute Gasteiger partial charge is 0.497 e. The Morgan fingerprint density at radius 1 is 0.857 bits per heavy atom. The van der Waals surface area contributed by atoms with Crippen LogP contribution in [-0.4, -0.2) is 26.4 Å². The third-order valence-corrected chi connectivity index (χ3v) is 3.80. The first kappa shape index (κ1) is 15.7. The van der Waals surface area contributed by atoms with Crippen LogP contribution < -0.4 is 14.2 Å². The van der Waals surface area contributed by atoms with Gasteiger partial charge >= 0.3 is 0 Å². The molecule has 2 aromatic rings. The average molecular weight is 353 g/mol. The highest BCUT2D eigenvalue weighted by atomic mass is 79.9. The second-order valence-electron chi connectivity index (χ2n) is 4.44. The predicted molar refractivity (Wildman–Crippen MR) is 84.3 cm³/mol. The monoisotopic (exact) mass is 352 g/mol. The lowest BCUT2D eigenvalue weighted by Crippen LogP contribution is -2.01. The molecule has 1 unspecified atom stereocenters. The number of hydrogen-bond donors (Lipinski definition) is 1. The van der Waals surface area contributed by atoms with E-state index in [0.717, 1.165) is 10.0 Å². The van der Waals surface area contributed by atoms with Gasteiger partial charge in [0.1, 0.15) is 23.4 Å². The fraction of sp³-hybridized carbons (Fsp3) is 0.250. The highest BCUT2D eigenvalue weighted by Crippen LogP contribution is 2.33. The zero-order valence-corrected chi connectivity index (χ0v) is 13.7. The van der Waals surface area contributed by atoms with Crippen molar-refractivity contribution in [3.05, 3.63) is 52.0 Å². The van der Waals surface area contributed by atoms with Gasteiger partial charge in [0, 0.05) is 6.07 Å². The zero-order valence-electron chi connectivity index (χ0n) is 12.1. The normalized spacial score (nSPS) is 11.9. The molecule has 4 nitrogen and oxygen atoms in total. The maximum Gasteiger partial charge on any atom is 0.133 e. The summed E-state index contributed by atoms with van der Waals surface area (Å²) in [5.74, 6) is 1.99. The lowest BCUT2D eigenvalue weighted by atomic mass is 10.0. The molecule has 0 amide bonds. The molecule has 2 rings (SSSR count). The van der Waals surface area contributed by atoms with Crippen molar-refractivity contribution in [3.8, 4) is 17.2 Å². The van der Waals surface area contributed by atoms with E-state index >= 15 is 0 Å². The first-order chi connectivity index (χ1) is 10.1. The standard InChI is InChI=1S/C16H17BrO4/c1-19-12-6-11(7-13(9-12)20-2)16(18)10-4-5-15(21-3)14(17)8-10/h4-9,16,18H,1-3H3. The van der Waals surface area contributed by atoms with Gasteiger partial charge in [-0.2, -0.15) is 0 Å². The van der Waals surface area contributed by atoms with Crippen molar-refractivity contribution in [2.45, 2.75) is 6.10 Å². The van der Waals surface area contributed by atoms with Crippen LogP contribution in [-0.2, 0) is 0 Å². The Bertz CT molecular complexity index is 605. The summed E-state index contributed by atoms with van der Waals surface area (Å²) in [6, 6.07) is 10.8. The van der Waals surface area contributed by atoms with Gasteiger partial charge in [0.2, 0.25) is 0 Å². The van der Waals surface area contributed by atoms with Crippen molar-refractivity contribution in [2.24, 2.45) is 0 Å². The van der Waals surface area contributed by atoms with E-state index in [4.69, 9.17) is 14.2 Å². The van der Waals surface area contributed by atoms with E-state index in [1.165, 1.54) is 0 Å². The Morgan fingerprint density at radius 2 is 1.48 bits per heavy atom. The first-order valence-corrected chi connectivity index (χ1v) is 7.12. The number of hydrogen-bond acceptors (Lipinski definition) is 4. The highest BCUT2D eigenvalue weighted by Gasteiger charge is 2.15. The zero-order chi connectivity index (χ0) is 15.4. The summed E-state index contributed by atoms with van der Waals surface area (Å²) in [5.41, 5.74) is 1.45. The van der Waals surface area contributed by atoms with Gasteiger partial charge < -0.3 is 19.3 Å². The molecule has 5 heteroatoms. The molecule has 0 spiro atoms. The molecule has 0 aromatic heterocycles. The van der Waals surface area contributed by atoms with Gasteiger partial charge in [-0.25, -0.2) is 0 Å². The Kier molecular flexibility index (Phi) is 5.09. The lowest BCUT2D eigenvalue weighted by Gasteiger charge is -2.15. The minimum Gasteiger partial charge on any atom is -0.497 e. The third kappa shape index (κ3) is 3.49. The maximum atomic E-state index is 10.5. The summed E-state index contributed by atoms with van der Waals surface area (Å²) in [6.45, 7) is 0. The molecule has 0 saturated carbocycles. The van der Waals surface area contributed by atoms with Crippen LogP contribution in [0.4, 0.5) is 0 Å². The topological polar surface area (TPSA) is 47.9 Å². The van der Waals surface area contributed by atoms with Crippen molar-refractivity contribution in [2.75, 3.05) is 21.3 Å². The number of ether oxygens (including phenoxy) is 3. The van der Waals surface area contributed by atoms with Crippen molar-refractivity contribution >= 4 is 15.9 Å². The predicted octanol–water partition coefficient (Wildman–Crippen LogP) is 3.56. The van der Waals surface area contributed by atoms with Gasteiger partial charge in [0.15, 0.2) is 0 Å². The van der Waals surface area contributed by atoms with Crippen LogP contribution in [0.25, 0.3) is 0 Å². The molecule has 0 aliphatic carbocycles. The molecule has 0 radical (unpaired) electrons. The summed E-state index contributed by atoms with van der Waals surface area (Å²) < 4.78 is 16.4. The van der Waals surface area contributed by atoms with E-state index in [2.05, 4.69) is 15.9 Å². The minimum absolute atomic E-state index is 0.635. The molecular weight excluding hydrogens is 336 g/mol. The third-order valence-electron chi connectivity index (χ3n) is 3.18. The van der Waals surface area contributed by atoms with Gasteiger partial charge in [0.05, 0.1) is 25.8 Å². The molecule has 112 valence electrons. The SMILES string of the molecule is COc1cc(OC)cc(C(O)c2ccc(OC)c(Br)c2)c1. The lowest BCUT2D eigenvalue weighted by molar-refractivity contribution is 0.219. The summed E-state index contributed by atoms with van der Waals surface area (Å²) in [4.78, 5) is 0. The Labute approximate surface area is 132 Å². The van der Waals surface area contributed by atoms with Crippen LogP contribution in [0.3, 0.4) is 0 Å².